The van der Waals surface area contributed by atoms with Crippen molar-refractivity contribution in [1.82, 2.24) is 5.32 Å². The van der Waals surface area contributed by atoms with Gasteiger partial charge in [-0.3, -0.25) is 0 Å². The average molecular weight is 187 g/mol. The number of benzene rings is 1. The summed E-state index contributed by atoms with van der Waals surface area (Å²) in [5.74, 6) is 0.915. The number of hydrogen-bond acceptors (Lipinski definition) is 1. The van der Waals surface area contributed by atoms with Gasteiger partial charge < -0.3 is 5.32 Å². The highest BCUT2D eigenvalue weighted by atomic mass is 15.0. The molecule has 0 aromatic heterocycles. The summed E-state index contributed by atoms with van der Waals surface area (Å²) in [5, 5.41) is 3.77. The van der Waals surface area contributed by atoms with Crippen LogP contribution >= 0.6 is 0 Å². The van der Waals surface area contributed by atoms with Crippen LogP contribution < -0.4 is 5.32 Å². The normalized spacial score (nSPS) is 23.4. The summed E-state index contributed by atoms with van der Waals surface area (Å²) in [7, 11) is 0. The van der Waals surface area contributed by atoms with Crippen LogP contribution in [0.4, 0.5) is 0 Å². The molecule has 0 heterocycles. The fourth-order valence-corrected chi connectivity index (χ4v) is 2.10. The summed E-state index contributed by atoms with van der Waals surface area (Å²) in [6.45, 7) is 0. The molecule has 2 aliphatic rings. The van der Waals surface area contributed by atoms with Crippen molar-refractivity contribution in [3.8, 4) is 0 Å². The Balaban J connectivity index is 1.76. The molecular formula is C13H17N. The molecular weight excluding hydrogens is 170 g/mol. The minimum absolute atomic E-state index is 0.642. The van der Waals surface area contributed by atoms with Crippen molar-refractivity contribution < 1.29 is 0 Å². The van der Waals surface area contributed by atoms with E-state index in [0.29, 0.717) is 6.04 Å². The van der Waals surface area contributed by atoms with Gasteiger partial charge in [-0.15, -0.1) is 0 Å². The van der Waals surface area contributed by atoms with Gasteiger partial charge in [0.05, 0.1) is 0 Å². The van der Waals surface area contributed by atoms with E-state index in [0.717, 1.165) is 12.0 Å². The zero-order chi connectivity index (χ0) is 9.38. The van der Waals surface area contributed by atoms with Crippen LogP contribution in [0.25, 0.3) is 0 Å². The van der Waals surface area contributed by atoms with Crippen molar-refractivity contribution in [2.45, 2.75) is 37.8 Å². The quantitative estimate of drug-likeness (QED) is 0.764. The minimum Gasteiger partial charge on any atom is -0.307 e. The molecule has 0 radical (unpaired) electrons. The Hall–Kier alpha value is -0.820. The SMILES string of the molecule is c1ccc(C(NC2CC2)C2CC2)cc1. The molecule has 74 valence electrons. The highest BCUT2D eigenvalue weighted by Gasteiger charge is 2.35. The van der Waals surface area contributed by atoms with E-state index in [2.05, 4.69) is 35.6 Å². The summed E-state index contributed by atoms with van der Waals surface area (Å²) in [6.07, 6.45) is 5.60. The van der Waals surface area contributed by atoms with Gasteiger partial charge in [-0.05, 0) is 37.2 Å². The standard InChI is InChI=1S/C13H17N/c1-2-4-10(5-3-1)13(11-6-7-11)14-12-8-9-12/h1-5,11-14H,6-9H2. The van der Waals surface area contributed by atoms with Gasteiger partial charge >= 0.3 is 0 Å². The Morgan fingerprint density at radius 2 is 1.71 bits per heavy atom. The first-order valence-corrected chi connectivity index (χ1v) is 5.74. The zero-order valence-corrected chi connectivity index (χ0v) is 8.45. The van der Waals surface area contributed by atoms with Crippen LogP contribution in [0.15, 0.2) is 30.3 Å². The molecule has 2 aliphatic carbocycles. The third-order valence-corrected chi connectivity index (χ3v) is 3.24. The summed E-state index contributed by atoms with van der Waals surface area (Å²) >= 11 is 0. The molecule has 1 nitrogen and oxygen atoms in total. The van der Waals surface area contributed by atoms with E-state index in [1.165, 1.54) is 31.2 Å². The fraction of sp³-hybridized carbons (Fsp3) is 0.538. The van der Waals surface area contributed by atoms with Crippen LogP contribution in [0.1, 0.15) is 37.3 Å². The molecule has 1 atom stereocenters. The molecule has 2 fully saturated rings. The maximum Gasteiger partial charge on any atom is 0.0351 e. The van der Waals surface area contributed by atoms with Crippen LogP contribution in [0.3, 0.4) is 0 Å². The van der Waals surface area contributed by atoms with Gasteiger partial charge in [0.1, 0.15) is 0 Å². The summed E-state index contributed by atoms with van der Waals surface area (Å²) in [4.78, 5) is 0. The highest BCUT2D eigenvalue weighted by molar-refractivity contribution is 5.21. The van der Waals surface area contributed by atoms with Gasteiger partial charge in [-0.25, -0.2) is 0 Å². The average Bonchev–Trinajstić information content (AvgIpc) is 3.08. The first-order valence-electron chi connectivity index (χ1n) is 5.74. The van der Waals surface area contributed by atoms with E-state index in [4.69, 9.17) is 0 Å². The van der Waals surface area contributed by atoms with Crippen molar-refractivity contribution in [1.29, 1.82) is 0 Å². The van der Waals surface area contributed by atoms with Crippen LogP contribution in [0, 0.1) is 5.92 Å². The second kappa shape index (κ2) is 3.39. The van der Waals surface area contributed by atoms with E-state index in [9.17, 15) is 0 Å². The molecule has 1 N–H and O–H groups in total. The number of hydrogen-bond donors (Lipinski definition) is 1. The highest BCUT2D eigenvalue weighted by Crippen LogP contribution is 2.42. The Morgan fingerprint density at radius 3 is 2.29 bits per heavy atom. The molecule has 0 spiro atoms. The van der Waals surface area contributed by atoms with Crippen molar-refractivity contribution in [2.24, 2.45) is 5.92 Å². The maximum absolute atomic E-state index is 3.77. The molecule has 1 aromatic rings. The fourth-order valence-electron chi connectivity index (χ4n) is 2.10. The Morgan fingerprint density at radius 1 is 1.00 bits per heavy atom. The van der Waals surface area contributed by atoms with E-state index >= 15 is 0 Å². The lowest BCUT2D eigenvalue weighted by Gasteiger charge is -2.18. The van der Waals surface area contributed by atoms with Gasteiger partial charge in [-0.1, -0.05) is 30.3 Å². The summed E-state index contributed by atoms with van der Waals surface area (Å²) in [6, 6.07) is 12.4. The van der Waals surface area contributed by atoms with Gasteiger partial charge in [-0.2, -0.15) is 0 Å². The van der Waals surface area contributed by atoms with E-state index in [1.54, 1.807) is 0 Å². The predicted molar refractivity (Wildman–Crippen MR) is 58.1 cm³/mol. The predicted octanol–water partition coefficient (Wildman–Crippen LogP) is 2.89. The lowest BCUT2D eigenvalue weighted by Crippen LogP contribution is -2.24. The smallest absolute Gasteiger partial charge is 0.0351 e. The van der Waals surface area contributed by atoms with Crippen molar-refractivity contribution >= 4 is 0 Å². The number of nitrogens with one attached hydrogen (secondary N) is 1. The Kier molecular flexibility index (Phi) is 2.06. The molecule has 2 saturated carbocycles. The largest absolute Gasteiger partial charge is 0.307 e. The second-order valence-electron chi connectivity index (χ2n) is 4.67. The van der Waals surface area contributed by atoms with E-state index in [1.807, 2.05) is 0 Å². The molecule has 0 bridgehead atoms. The third kappa shape index (κ3) is 1.83. The minimum atomic E-state index is 0.642. The Bertz CT molecular complexity index is 298. The molecule has 3 rings (SSSR count). The second-order valence-corrected chi connectivity index (χ2v) is 4.67. The third-order valence-electron chi connectivity index (χ3n) is 3.24. The maximum atomic E-state index is 3.77. The van der Waals surface area contributed by atoms with E-state index in [-0.39, 0.29) is 0 Å². The molecule has 0 saturated heterocycles. The van der Waals surface area contributed by atoms with Crippen LogP contribution in [0.2, 0.25) is 0 Å². The Labute approximate surface area is 85.5 Å². The molecule has 1 aromatic carbocycles. The molecule has 1 unspecified atom stereocenters. The van der Waals surface area contributed by atoms with Crippen LogP contribution in [-0.2, 0) is 0 Å². The van der Waals surface area contributed by atoms with Crippen LogP contribution in [-0.4, -0.2) is 6.04 Å². The number of rotatable bonds is 4. The molecule has 0 amide bonds. The monoisotopic (exact) mass is 187 g/mol. The first-order chi connectivity index (χ1) is 6.93. The first kappa shape index (κ1) is 8.49. The van der Waals surface area contributed by atoms with E-state index < -0.39 is 0 Å². The van der Waals surface area contributed by atoms with Gasteiger partial charge in [0.2, 0.25) is 0 Å². The lowest BCUT2D eigenvalue weighted by molar-refractivity contribution is 0.478. The van der Waals surface area contributed by atoms with Gasteiger partial charge in [0.15, 0.2) is 0 Å². The van der Waals surface area contributed by atoms with Crippen molar-refractivity contribution in [2.75, 3.05) is 0 Å². The molecule has 1 heteroatoms. The van der Waals surface area contributed by atoms with Gasteiger partial charge in [0.25, 0.3) is 0 Å². The molecule has 14 heavy (non-hydrogen) atoms. The summed E-state index contributed by atoms with van der Waals surface area (Å²) < 4.78 is 0. The topological polar surface area (TPSA) is 12.0 Å². The summed E-state index contributed by atoms with van der Waals surface area (Å²) in [5.41, 5.74) is 1.49. The van der Waals surface area contributed by atoms with Gasteiger partial charge in [0, 0.05) is 12.1 Å². The lowest BCUT2D eigenvalue weighted by atomic mass is 10.0. The van der Waals surface area contributed by atoms with Crippen molar-refractivity contribution in [3.05, 3.63) is 35.9 Å². The molecule has 0 aliphatic heterocycles. The zero-order valence-electron chi connectivity index (χ0n) is 8.45. The van der Waals surface area contributed by atoms with Crippen molar-refractivity contribution in [3.63, 3.8) is 0 Å². The van der Waals surface area contributed by atoms with Crippen LogP contribution in [0.5, 0.6) is 0 Å².